The van der Waals surface area contributed by atoms with Gasteiger partial charge in [-0.1, -0.05) is 18.9 Å². The van der Waals surface area contributed by atoms with Gasteiger partial charge in [0.15, 0.2) is 0 Å². The molecule has 4 heteroatoms. The summed E-state index contributed by atoms with van der Waals surface area (Å²) < 4.78 is 0. The third kappa shape index (κ3) is 1.88. The quantitative estimate of drug-likeness (QED) is 0.786. The summed E-state index contributed by atoms with van der Waals surface area (Å²) in [4.78, 5) is 27.2. The van der Waals surface area contributed by atoms with E-state index in [2.05, 4.69) is 6.07 Å². The van der Waals surface area contributed by atoms with Crippen molar-refractivity contribution in [3.63, 3.8) is 0 Å². The molecule has 1 spiro atoms. The van der Waals surface area contributed by atoms with Gasteiger partial charge in [-0.3, -0.25) is 14.5 Å². The lowest BCUT2D eigenvalue weighted by Gasteiger charge is -2.20. The fraction of sp³-hybridized carbons (Fsp3) is 0.571. The number of thiophene rings is 1. The van der Waals surface area contributed by atoms with Gasteiger partial charge in [0.05, 0.1) is 5.41 Å². The number of carbonyl (C=O) groups is 2. The summed E-state index contributed by atoms with van der Waals surface area (Å²) in [5, 5.41) is 2.03. The Morgan fingerprint density at radius 1 is 1.28 bits per heavy atom. The van der Waals surface area contributed by atoms with E-state index in [1.165, 1.54) is 9.78 Å². The molecule has 96 valence electrons. The summed E-state index contributed by atoms with van der Waals surface area (Å²) in [6, 6.07) is 4.06. The SMILES string of the molecule is O=C1CC2(CCCC2)C(=O)N1CCc1cccs1. The van der Waals surface area contributed by atoms with Gasteiger partial charge in [-0.05, 0) is 30.7 Å². The molecule has 1 aromatic heterocycles. The minimum absolute atomic E-state index is 0.0402. The molecular formula is C14H17NO2S. The van der Waals surface area contributed by atoms with Crippen molar-refractivity contribution in [3.8, 4) is 0 Å². The molecule has 2 aliphatic rings. The highest BCUT2D eigenvalue weighted by molar-refractivity contribution is 7.09. The first-order chi connectivity index (χ1) is 8.71. The zero-order valence-electron chi connectivity index (χ0n) is 10.4. The summed E-state index contributed by atoms with van der Waals surface area (Å²) in [5.41, 5.74) is -0.313. The smallest absolute Gasteiger partial charge is 0.235 e. The first-order valence-electron chi connectivity index (χ1n) is 6.58. The van der Waals surface area contributed by atoms with Crippen LogP contribution in [0.25, 0.3) is 0 Å². The fourth-order valence-electron chi connectivity index (χ4n) is 3.21. The Morgan fingerprint density at radius 3 is 2.72 bits per heavy atom. The number of likely N-dealkylation sites (tertiary alicyclic amines) is 1. The molecule has 3 nitrogen and oxygen atoms in total. The van der Waals surface area contributed by atoms with Crippen LogP contribution < -0.4 is 0 Å². The van der Waals surface area contributed by atoms with Gasteiger partial charge in [-0.2, -0.15) is 0 Å². The Hall–Kier alpha value is -1.16. The van der Waals surface area contributed by atoms with E-state index >= 15 is 0 Å². The molecule has 0 atom stereocenters. The van der Waals surface area contributed by atoms with Crippen molar-refractivity contribution in [2.45, 2.75) is 38.5 Å². The number of carbonyl (C=O) groups excluding carboxylic acids is 2. The Morgan fingerprint density at radius 2 is 2.06 bits per heavy atom. The van der Waals surface area contributed by atoms with Gasteiger partial charge in [0, 0.05) is 17.8 Å². The molecule has 0 aromatic carbocycles. The molecule has 1 aliphatic carbocycles. The van der Waals surface area contributed by atoms with Crippen LogP contribution in [0.4, 0.5) is 0 Å². The summed E-state index contributed by atoms with van der Waals surface area (Å²) in [5.74, 6) is 0.139. The molecule has 1 aromatic rings. The molecule has 18 heavy (non-hydrogen) atoms. The average molecular weight is 263 g/mol. The van der Waals surface area contributed by atoms with E-state index in [1.54, 1.807) is 11.3 Å². The molecule has 2 fully saturated rings. The lowest BCUT2D eigenvalue weighted by atomic mass is 9.84. The van der Waals surface area contributed by atoms with Crippen LogP contribution in [0, 0.1) is 5.41 Å². The summed E-state index contributed by atoms with van der Waals surface area (Å²) in [7, 11) is 0. The molecule has 0 radical (unpaired) electrons. The van der Waals surface area contributed by atoms with E-state index in [4.69, 9.17) is 0 Å². The van der Waals surface area contributed by atoms with Crippen LogP contribution in [0.2, 0.25) is 0 Å². The standard InChI is InChI=1S/C14H17NO2S/c16-12-10-14(6-1-2-7-14)13(17)15(12)8-5-11-4-3-9-18-11/h3-4,9H,1-2,5-8,10H2. The third-order valence-corrected chi connectivity index (χ3v) is 5.15. The zero-order valence-corrected chi connectivity index (χ0v) is 11.2. The lowest BCUT2D eigenvalue weighted by Crippen LogP contribution is -2.35. The predicted molar refractivity (Wildman–Crippen MR) is 70.3 cm³/mol. The highest BCUT2D eigenvalue weighted by atomic mass is 32.1. The van der Waals surface area contributed by atoms with Gasteiger partial charge in [0.25, 0.3) is 0 Å². The van der Waals surface area contributed by atoms with E-state index in [9.17, 15) is 9.59 Å². The van der Waals surface area contributed by atoms with Crippen molar-refractivity contribution in [1.82, 2.24) is 4.90 Å². The number of hydrogen-bond acceptors (Lipinski definition) is 3. The van der Waals surface area contributed by atoms with Crippen molar-refractivity contribution >= 4 is 23.2 Å². The van der Waals surface area contributed by atoms with Gasteiger partial charge in [-0.25, -0.2) is 0 Å². The molecule has 1 saturated carbocycles. The van der Waals surface area contributed by atoms with E-state index in [1.807, 2.05) is 11.4 Å². The van der Waals surface area contributed by atoms with Crippen LogP contribution in [0.15, 0.2) is 17.5 Å². The first-order valence-corrected chi connectivity index (χ1v) is 7.46. The fourth-order valence-corrected chi connectivity index (χ4v) is 3.90. The Kier molecular flexibility index (Phi) is 2.98. The maximum absolute atomic E-state index is 12.4. The summed E-state index contributed by atoms with van der Waals surface area (Å²) in [6.45, 7) is 0.555. The molecule has 3 rings (SSSR count). The molecule has 1 aliphatic heterocycles. The van der Waals surface area contributed by atoms with Crippen LogP contribution in [0.3, 0.4) is 0 Å². The normalized spacial score (nSPS) is 22.3. The minimum atomic E-state index is -0.313. The average Bonchev–Trinajstić information content (AvgIpc) is 3.03. The largest absolute Gasteiger partial charge is 0.282 e. The van der Waals surface area contributed by atoms with E-state index in [0.29, 0.717) is 13.0 Å². The van der Waals surface area contributed by atoms with Crippen molar-refractivity contribution in [1.29, 1.82) is 0 Å². The Balaban J connectivity index is 1.69. The second-order valence-electron chi connectivity index (χ2n) is 5.34. The third-order valence-electron chi connectivity index (χ3n) is 4.21. The number of nitrogens with zero attached hydrogens (tertiary/aromatic N) is 1. The number of rotatable bonds is 3. The Bertz CT molecular complexity index is 460. The molecule has 2 amide bonds. The van der Waals surface area contributed by atoms with Crippen LogP contribution in [0.1, 0.15) is 37.0 Å². The van der Waals surface area contributed by atoms with E-state index in [-0.39, 0.29) is 17.2 Å². The van der Waals surface area contributed by atoms with Crippen LogP contribution in [-0.4, -0.2) is 23.3 Å². The molecular weight excluding hydrogens is 246 g/mol. The Labute approximate surface area is 111 Å². The molecule has 0 bridgehead atoms. The first kappa shape index (κ1) is 11.9. The van der Waals surface area contributed by atoms with Gasteiger partial charge < -0.3 is 0 Å². The van der Waals surface area contributed by atoms with Crippen molar-refractivity contribution < 1.29 is 9.59 Å². The molecule has 2 heterocycles. The second-order valence-corrected chi connectivity index (χ2v) is 6.38. The zero-order chi connectivity index (χ0) is 12.6. The van der Waals surface area contributed by atoms with Crippen molar-refractivity contribution in [2.75, 3.05) is 6.54 Å². The predicted octanol–water partition coefficient (Wildman–Crippen LogP) is 2.61. The van der Waals surface area contributed by atoms with Crippen LogP contribution in [0.5, 0.6) is 0 Å². The monoisotopic (exact) mass is 263 g/mol. The molecule has 0 unspecified atom stereocenters. The maximum Gasteiger partial charge on any atom is 0.235 e. The van der Waals surface area contributed by atoms with Gasteiger partial charge in [-0.15, -0.1) is 11.3 Å². The highest BCUT2D eigenvalue weighted by Gasteiger charge is 2.52. The minimum Gasteiger partial charge on any atom is -0.282 e. The maximum atomic E-state index is 12.4. The van der Waals surface area contributed by atoms with Crippen molar-refractivity contribution in [2.24, 2.45) is 5.41 Å². The van der Waals surface area contributed by atoms with Crippen molar-refractivity contribution in [3.05, 3.63) is 22.4 Å². The van der Waals surface area contributed by atoms with Gasteiger partial charge in [0.2, 0.25) is 11.8 Å². The number of hydrogen-bond donors (Lipinski definition) is 0. The topological polar surface area (TPSA) is 37.4 Å². The lowest BCUT2D eigenvalue weighted by molar-refractivity contribution is -0.141. The van der Waals surface area contributed by atoms with Gasteiger partial charge >= 0.3 is 0 Å². The van der Waals surface area contributed by atoms with Crippen LogP contribution >= 0.6 is 11.3 Å². The summed E-state index contributed by atoms with van der Waals surface area (Å²) >= 11 is 1.68. The van der Waals surface area contributed by atoms with Gasteiger partial charge in [0.1, 0.15) is 0 Å². The van der Waals surface area contributed by atoms with Crippen LogP contribution in [-0.2, 0) is 16.0 Å². The number of imide groups is 1. The molecule has 0 N–H and O–H groups in total. The second kappa shape index (κ2) is 4.50. The number of amides is 2. The molecule has 1 saturated heterocycles. The summed E-state index contributed by atoms with van der Waals surface area (Å²) in [6.07, 6.45) is 5.26. The van der Waals surface area contributed by atoms with E-state index < -0.39 is 0 Å². The van der Waals surface area contributed by atoms with E-state index in [0.717, 1.165) is 32.1 Å². The highest BCUT2D eigenvalue weighted by Crippen LogP contribution is 2.46.